The summed E-state index contributed by atoms with van der Waals surface area (Å²) in [6.45, 7) is 4.24. The molecule has 1 atom stereocenters. The maximum atomic E-state index is 5.83. The summed E-state index contributed by atoms with van der Waals surface area (Å²) in [6, 6.07) is 0. The molecule has 1 saturated heterocycles. The standard InChI is InChI=1S/C10H15ClN4/c1-2-7-3-4-15(6-7)9-8(12)5-13-10(11)14-9/h5,7H,2-4,6,12H2,1H3. The number of aromatic nitrogens is 2. The van der Waals surface area contributed by atoms with Crippen LogP contribution in [0.1, 0.15) is 19.8 Å². The number of nitrogens with two attached hydrogens (primary N) is 1. The average Bonchev–Trinajstić information content (AvgIpc) is 2.70. The lowest BCUT2D eigenvalue weighted by atomic mass is 10.1. The third-order valence-corrected chi connectivity index (χ3v) is 3.11. The minimum atomic E-state index is 0.263. The van der Waals surface area contributed by atoms with Crippen molar-refractivity contribution in [2.75, 3.05) is 23.7 Å². The van der Waals surface area contributed by atoms with E-state index in [9.17, 15) is 0 Å². The van der Waals surface area contributed by atoms with Gasteiger partial charge in [0.2, 0.25) is 5.28 Å². The van der Waals surface area contributed by atoms with Crippen LogP contribution in [0.15, 0.2) is 6.20 Å². The summed E-state index contributed by atoms with van der Waals surface area (Å²) < 4.78 is 0. The van der Waals surface area contributed by atoms with Crippen molar-refractivity contribution >= 4 is 23.1 Å². The summed E-state index contributed by atoms with van der Waals surface area (Å²) in [6.07, 6.45) is 3.98. The summed E-state index contributed by atoms with van der Waals surface area (Å²) in [5.74, 6) is 1.53. The molecular weight excluding hydrogens is 212 g/mol. The molecule has 2 N–H and O–H groups in total. The van der Waals surface area contributed by atoms with E-state index in [0.29, 0.717) is 5.69 Å². The van der Waals surface area contributed by atoms with Crippen LogP contribution in [0.2, 0.25) is 5.28 Å². The predicted molar refractivity (Wildman–Crippen MR) is 62.1 cm³/mol. The SMILES string of the molecule is CCC1CCN(c2nc(Cl)ncc2N)C1. The largest absolute Gasteiger partial charge is 0.394 e. The van der Waals surface area contributed by atoms with Gasteiger partial charge >= 0.3 is 0 Å². The molecule has 0 spiro atoms. The van der Waals surface area contributed by atoms with E-state index in [0.717, 1.165) is 24.8 Å². The molecule has 0 radical (unpaired) electrons. The molecule has 1 aliphatic rings. The highest BCUT2D eigenvalue weighted by atomic mass is 35.5. The third-order valence-electron chi connectivity index (χ3n) is 2.93. The smallest absolute Gasteiger partial charge is 0.224 e. The molecule has 5 heteroatoms. The van der Waals surface area contributed by atoms with Crippen molar-refractivity contribution in [2.24, 2.45) is 5.92 Å². The molecule has 0 aromatic carbocycles. The van der Waals surface area contributed by atoms with Crippen LogP contribution in [0.4, 0.5) is 11.5 Å². The lowest BCUT2D eigenvalue weighted by Gasteiger charge is -2.18. The highest BCUT2D eigenvalue weighted by molar-refractivity contribution is 6.28. The first-order valence-electron chi connectivity index (χ1n) is 5.23. The fraction of sp³-hybridized carbons (Fsp3) is 0.600. The molecule has 1 unspecified atom stereocenters. The zero-order valence-electron chi connectivity index (χ0n) is 8.78. The van der Waals surface area contributed by atoms with Crippen LogP contribution >= 0.6 is 11.6 Å². The van der Waals surface area contributed by atoms with Gasteiger partial charge in [-0.2, -0.15) is 4.98 Å². The molecule has 0 saturated carbocycles. The van der Waals surface area contributed by atoms with E-state index in [1.807, 2.05) is 0 Å². The van der Waals surface area contributed by atoms with E-state index in [-0.39, 0.29) is 5.28 Å². The monoisotopic (exact) mass is 226 g/mol. The molecule has 1 aromatic heterocycles. The molecule has 1 aromatic rings. The first-order valence-corrected chi connectivity index (χ1v) is 5.61. The molecule has 4 nitrogen and oxygen atoms in total. The van der Waals surface area contributed by atoms with Gasteiger partial charge in [0.25, 0.3) is 0 Å². The Morgan fingerprint density at radius 3 is 3.13 bits per heavy atom. The summed E-state index contributed by atoms with van der Waals surface area (Å²) in [4.78, 5) is 10.2. The van der Waals surface area contributed by atoms with Gasteiger partial charge in [0.1, 0.15) is 0 Å². The van der Waals surface area contributed by atoms with Crippen molar-refractivity contribution < 1.29 is 0 Å². The summed E-state index contributed by atoms with van der Waals surface area (Å²) in [5.41, 5.74) is 6.44. The van der Waals surface area contributed by atoms with Gasteiger partial charge in [-0.05, 0) is 23.9 Å². The van der Waals surface area contributed by atoms with E-state index < -0.39 is 0 Å². The van der Waals surface area contributed by atoms with E-state index in [4.69, 9.17) is 17.3 Å². The highest BCUT2D eigenvalue weighted by Gasteiger charge is 2.23. The molecule has 15 heavy (non-hydrogen) atoms. The Kier molecular flexibility index (Phi) is 2.95. The minimum Gasteiger partial charge on any atom is -0.394 e. The van der Waals surface area contributed by atoms with Crippen molar-refractivity contribution in [1.29, 1.82) is 0 Å². The van der Waals surface area contributed by atoms with Crippen LogP contribution in [0.3, 0.4) is 0 Å². The van der Waals surface area contributed by atoms with Crippen LogP contribution in [0.25, 0.3) is 0 Å². The quantitative estimate of drug-likeness (QED) is 0.784. The first-order chi connectivity index (χ1) is 7.20. The van der Waals surface area contributed by atoms with E-state index in [1.165, 1.54) is 12.8 Å². The van der Waals surface area contributed by atoms with Gasteiger partial charge < -0.3 is 10.6 Å². The Morgan fingerprint density at radius 2 is 2.47 bits per heavy atom. The Hall–Kier alpha value is -1.03. The molecule has 2 rings (SSSR count). The molecule has 2 heterocycles. The van der Waals surface area contributed by atoms with E-state index in [2.05, 4.69) is 21.8 Å². The van der Waals surface area contributed by atoms with Crippen LogP contribution < -0.4 is 10.6 Å². The second kappa shape index (κ2) is 4.23. The van der Waals surface area contributed by atoms with Crippen LogP contribution in [-0.2, 0) is 0 Å². The maximum Gasteiger partial charge on any atom is 0.224 e. The summed E-state index contributed by atoms with van der Waals surface area (Å²) in [7, 11) is 0. The molecule has 1 fully saturated rings. The van der Waals surface area contributed by atoms with Crippen LogP contribution in [0.5, 0.6) is 0 Å². The second-order valence-electron chi connectivity index (χ2n) is 3.93. The lowest BCUT2D eigenvalue weighted by molar-refractivity contribution is 0.569. The van der Waals surface area contributed by atoms with E-state index in [1.54, 1.807) is 6.20 Å². The van der Waals surface area contributed by atoms with Gasteiger partial charge in [0.05, 0.1) is 11.9 Å². The Balaban J connectivity index is 2.19. The van der Waals surface area contributed by atoms with Crippen molar-refractivity contribution in [2.45, 2.75) is 19.8 Å². The first kappa shape index (κ1) is 10.5. The fourth-order valence-electron chi connectivity index (χ4n) is 1.97. The third kappa shape index (κ3) is 2.15. The average molecular weight is 227 g/mol. The maximum absolute atomic E-state index is 5.83. The van der Waals surface area contributed by atoms with Gasteiger partial charge in [0.15, 0.2) is 5.82 Å². The van der Waals surface area contributed by atoms with Crippen molar-refractivity contribution in [1.82, 2.24) is 9.97 Å². The molecule has 82 valence electrons. The Bertz CT molecular complexity index is 355. The van der Waals surface area contributed by atoms with Gasteiger partial charge in [-0.25, -0.2) is 4.98 Å². The minimum absolute atomic E-state index is 0.263. The highest BCUT2D eigenvalue weighted by Crippen LogP contribution is 2.28. The zero-order chi connectivity index (χ0) is 10.8. The number of anilines is 2. The van der Waals surface area contributed by atoms with Crippen molar-refractivity contribution in [3.8, 4) is 0 Å². The number of rotatable bonds is 2. The van der Waals surface area contributed by atoms with Crippen LogP contribution in [-0.4, -0.2) is 23.1 Å². The number of nitrogens with zero attached hydrogens (tertiary/aromatic N) is 3. The molecule has 1 aliphatic heterocycles. The van der Waals surface area contributed by atoms with Gasteiger partial charge in [-0.15, -0.1) is 0 Å². The Morgan fingerprint density at radius 1 is 1.67 bits per heavy atom. The van der Waals surface area contributed by atoms with Crippen molar-refractivity contribution in [3.05, 3.63) is 11.5 Å². The molecular formula is C10H15ClN4. The molecule has 0 aliphatic carbocycles. The number of hydrogen-bond donors (Lipinski definition) is 1. The van der Waals surface area contributed by atoms with Gasteiger partial charge in [0, 0.05) is 13.1 Å². The van der Waals surface area contributed by atoms with Crippen molar-refractivity contribution in [3.63, 3.8) is 0 Å². The summed E-state index contributed by atoms with van der Waals surface area (Å²) in [5, 5.41) is 0.263. The van der Waals surface area contributed by atoms with Crippen LogP contribution in [0, 0.1) is 5.92 Å². The summed E-state index contributed by atoms with van der Waals surface area (Å²) >= 11 is 5.76. The number of hydrogen-bond acceptors (Lipinski definition) is 4. The van der Waals surface area contributed by atoms with Gasteiger partial charge in [-0.1, -0.05) is 13.3 Å². The predicted octanol–water partition coefficient (Wildman–Crippen LogP) is 1.95. The van der Waals surface area contributed by atoms with Gasteiger partial charge in [-0.3, -0.25) is 0 Å². The molecule has 0 bridgehead atoms. The topological polar surface area (TPSA) is 55.0 Å². The Labute approximate surface area is 94.5 Å². The normalized spacial score (nSPS) is 20.9. The number of halogens is 1. The lowest BCUT2D eigenvalue weighted by Crippen LogP contribution is -2.22. The molecule has 0 amide bonds. The zero-order valence-corrected chi connectivity index (χ0v) is 9.54. The second-order valence-corrected chi connectivity index (χ2v) is 4.27. The number of nitrogen functional groups attached to an aromatic ring is 1. The van der Waals surface area contributed by atoms with E-state index >= 15 is 0 Å². The fourth-order valence-corrected chi connectivity index (χ4v) is 2.10.